The molecule has 1 saturated heterocycles. The number of aromatic amines is 1. The van der Waals surface area contributed by atoms with Crippen molar-refractivity contribution in [2.45, 2.75) is 32.9 Å². The maximum absolute atomic E-state index is 12.6. The van der Waals surface area contributed by atoms with Gasteiger partial charge in [-0.3, -0.25) is 4.79 Å². The summed E-state index contributed by atoms with van der Waals surface area (Å²) in [6.45, 7) is 3.54. The summed E-state index contributed by atoms with van der Waals surface area (Å²) in [4.78, 5) is 22.6. The number of amides is 1. The van der Waals surface area contributed by atoms with Crippen molar-refractivity contribution in [2.24, 2.45) is 5.92 Å². The van der Waals surface area contributed by atoms with Crippen LogP contribution in [0.5, 0.6) is 0 Å². The number of nitrogens with zero attached hydrogens (tertiary/aromatic N) is 3. The summed E-state index contributed by atoms with van der Waals surface area (Å²) < 4.78 is 2.15. The highest BCUT2D eigenvalue weighted by molar-refractivity contribution is 5.82. The van der Waals surface area contributed by atoms with Gasteiger partial charge in [-0.15, -0.1) is 0 Å². The van der Waals surface area contributed by atoms with Crippen LogP contribution in [0.2, 0.25) is 0 Å². The molecule has 0 aliphatic carbocycles. The van der Waals surface area contributed by atoms with E-state index in [4.69, 9.17) is 4.98 Å². The number of para-hydroxylation sites is 2. The van der Waals surface area contributed by atoms with Gasteiger partial charge in [0.25, 0.3) is 0 Å². The lowest BCUT2D eigenvalue weighted by molar-refractivity contribution is -0.132. The van der Waals surface area contributed by atoms with Crippen LogP contribution in [0.25, 0.3) is 22.6 Å². The number of benzene rings is 1. The molecular formula is C19H22N4O. The molecule has 1 atom stereocenters. The van der Waals surface area contributed by atoms with E-state index in [0.29, 0.717) is 6.67 Å². The van der Waals surface area contributed by atoms with Crippen LogP contribution < -0.4 is 0 Å². The standard InChI is InChI=1S/C19H22N4O/c1-2-6-14-10-12-22(19(14)24)13-23-17-9-4-3-7-15(17)21-18(23)16-8-5-11-20-16/h3-5,7-9,11,14,20H,2,6,10,12-13H2,1H3. The van der Waals surface area contributed by atoms with Crippen molar-refractivity contribution in [3.05, 3.63) is 42.6 Å². The Morgan fingerprint density at radius 2 is 2.12 bits per heavy atom. The summed E-state index contributed by atoms with van der Waals surface area (Å²) >= 11 is 0. The van der Waals surface area contributed by atoms with Gasteiger partial charge in [0.2, 0.25) is 5.91 Å². The van der Waals surface area contributed by atoms with Crippen LogP contribution in [0.15, 0.2) is 42.6 Å². The average Bonchev–Trinajstić information content (AvgIpc) is 3.31. The number of nitrogens with one attached hydrogen (secondary N) is 1. The van der Waals surface area contributed by atoms with Gasteiger partial charge in [-0.25, -0.2) is 4.98 Å². The summed E-state index contributed by atoms with van der Waals surface area (Å²) in [7, 11) is 0. The van der Waals surface area contributed by atoms with Crippen molar-refractivity contribution in [3.63, 3.8) is 0 Å². The van der Waals surface area contributed by atoms with Crippen molar-refractivity contribution < 1.29 is 4.79 Å². The number of H-pyrrole nitrogens is 1. The van der Waals surface area contributed by atoms with Gasteiger partial charge in [-0.05, 0) is 37.1 Å². The SMILES string of the molecule is CCCC1CCN(Cn2c(-c3ccc[nH]3)nc3ccccc32)C1=O. The van der Waals surface area contributed by atoms with E-state index in [-0.39, 0.29) is 11.8 Å². The minimum atomic E-state index is 0.193. The molecule has 1 fully saturated rings. The second-order valence-corrected chi connectivity index (χ2v) is 6.45. The highest BCUT2D eigenvalue weighted by Gasteiger charge is 2.31. The van der Waals surface area contributed by atoms with E-state index in [2.05, 4.69) is 22.5 Å². The maximum atomic E-state index is 12.6. The average molecular weight is 322 g/mol. The van der Waals surface area contributed by atoms with Crippen molar-refractivity contribution in [1.82, 2.24) is 19.4 Å². The first-order chi connectivity index (χ1) is 11.8. The van der Waals surface area contributed by atoms with E-state index >= 15 is 0 Å². The number of carbonyl (C=O) groups is 1. The van der Waals surface area contributed by atoms with Crippen LogP contribution >= 0.6 is 0 Å². The lowest BCUT2D eigenvalue weighted by Crippen LogP contribution is -2.30. The Bertz CT molecular complexity index is 850. The van der Waals surface area contributed by atoms with Crippen molar-refractivity contribution in [2.75, 3.05) is 6.54 Å². The molecule has 2 aromatic heterocycles. The number of aromatic nitrogens is 3. The fourth-order valence-electron chi connectivity index (χ4n) is 3.62. The summed E-state index contributed by atoms with van der Waals surface area (Å²) in [5.74, 6) is 1.36. The number of likely N-dealkylation sites (tertiary alicyclic amines) is 1. The monoisotopic (exact) mass is 322 g/mol. The second-order valence-electron chi connectivity index (χ2n) is 6.45. The van der Waals surface area contributed by atoms with Crippen LogP contribution in [0.1, 0.15) is 26.2 Å². The topological polar surface area (TPSA) is 53.9 Å². The second kappa shape index (κ2) is 6.15. The van der Waals surface area contributed by atoms with E-state index < -0.39 is 0 Å². The molecule has 3 aromatic rings. The molecule has 124 valence electrons. The predicted octanol–water partition coefficient (Wildman–Crippen LogP) is 3.64. The molecule has 24 heavy (non-hydrogen) atoms. The van der Waals surface area contributed by atoms with Crippen molar-refractivity contribution in [1.29, 1.82) is 0 Å². The number of carbonyl (C=O) groups excluding carboxylic acids is 1. The van der Waals surface area contributed by atoms with E-state index in [1.165, 1.54) is 0 Å². The Morgan fingerprint density at radius 1 is 1.25 bits per heavy atom. The summed E-state index contributed by atoms with van der Waals surface area (Å²) in [5.41, 5.74) is 3.00. The van der Waals surface area contributed by atoms with Crippen molar-refractivity contribution >= 4 is 16.9 Å². The third-order valence-electron chi connectivity index (χ3n) is 4.85. The molecule has 1 aromatic carbocycles. The number of hydrogen-bond acceptors (Lipinski definition) is 2. The molecule has 1 amide bonds. The zero-order valence-corrected chi connectivity index (χ0v) is 13.9. The zero-order chi connectivity index (χ0) is 16.5. The van der Waals surface area contributed by atoms with Gasteiger partial charge in [0, 0.05) is 18.7 Å². The van der Waals surface area contributed by atoms with E-state index in [1.807, 2.05) is 41.4 Å². The molecule has 1 N–H and O–H groups in total. The van der Waals surface area contributed by atoms with Gasteiger partial charge in [0.1, 0.15) is 0 Å². The van der Waals surface area contributed by atoms with Gasteiger partial charge >= 0.3 is 0 Å². The Hall–Kier alpha value is -2.56. The van der Waals surface area contributed by atoms with Crippen molar-refractivity contribution in [3.8, 4) is 11.5 Å². The van der Waals surface area contributed by atoms with E-state index in [0.717, 1.165) is 48.4 Å². The third kappa shape index (κ3) is 2.50. The Kier molecular flexibility index (Phi) is 3.84. The zero-order valence-electron chi connectivity index (χ0n) is 13.9. The third-order valence-corrected chi connectivity index (χ3v) is 4.85. The first kappa shape index (κ1) is 15.0. The molecule has 0 saturated carbocycles. The highest BCUT2D eigenvalue weighted by atomic mass is 16.2. The number of imidazole rings is 1. The summed E-state index contributed by atoms with van der Waals surface area (Å²) in [5, 5.41) is 0. The molecular weight excluding hydrogens is 300 g/mol. The predicted molar refractivity (Wildman–Crippen MR) is 94.2 cm³/mol. The van der Waals surface area contributed by atoms with E-state index in [1.54, 1.807) is 0 Å². The minimum absolute atomic E-state index is 0.193. The van der Waals surface area contributed by atoms with Crippen LogP contribution in [-0.4, -0.2) is 31.9 Å². The number of rotatable bonds is 5. The fourth-order valence-corrected chi connectivity index (χ4v) is 3.62. The molecule has 3 heterocycles. The molecule has 1 unspecified atom stereocenters. The van der Waals surface area contributed by atoms with Gasteiger partial charge in [-0.1, -0.05) is 25.5 Å². The molecule has 1 aliphatic heterocycles. The molecule has 0 bridgehead atoms. The van der Waals surface area contributed by atoms with Gasteiger partial charge in [-0.2, -0.15) is 0 Å². The Morgan fingerprint density at radius 3 is 2.92 bits per heavy atom. The summed E-state index contributed by atoms with van der Waals surface area (Å²) in [6, 6.07) is 12.1. The van der Waals surface area contributed by atoms with Gasteiger partial charge < -0.3 is 14.5 Å². The molecule has 0 radical (unpaired) electrons. The molecule has 5 nitrogen and oxygen atoms in total. The first-order valence-corrected chi connectivity index (χ1v) is 8.65. The van der Waals surface area contributed by atoms with Crippen LogP contribution in [0.4, 0.5) is 0 Å². The molecule has 1 aliphatic rings. The first-order valence-electron chi connectivity index (χ1n) is 8.65. The molecule has 4 rings (SSSR count). The van der Waals surface area contributed by atoms with Gasteiger partial charge in [0.15, 0.2) is 5.82 Å². The van der Waals surface area contributed by atoms with Crippen LogP contribution in [0.3, 0.4) is 0 Å². The summed E-state index contributed by atoms with van der Waals surface area (Å²) in [6.07, 6.45) is 4.92. The normalized spacial score (nSPS) is 18.0. The van der Waals surface area contributed by atoms with Crippen LogP contribution in [-0.2, 0) is 11.5 Å². The molecule has 5 heteroatoms. The Labute approximate surface area is 141 Å². The smallest absolute Gasteiger partial charge is 0.227 e. The van der Waals surface area contributed by atoms with E-state index in [9.17, 15) is 4.79 Å². The van der Waals surface area contributed by atoms with Gasteiger partial charge in [0.05, 0.1) is 23.4 Å². The number of fused-ring (bicyclic) bond motifs is 1. The minimum Gasteiger partial charge on any atom is -0.359 e. The lowest BCUT2D eigenvalue weighted by atomic mass is 10.0. The maximum Gasteiger partial charge on any atom is 0.227 e. The largest absolute Gasteiger partial charge is 0.359 e. The quantitative estimate of drug-likeness (QED) is 0.780. The lowest BCUT2D eigenvalue weighted by Gasteiger charge is -2.19. The molecule has 0 spiro atoms. The fraction of sp³-hybridized carbons (Fsp3) is 0.368. The number of hydrogen-bond donors (Lipinski definition) is 1. The highest BCUT2D eigenvalue weighted by Crippen LogP contribution is 2.27. The van der Waals surface area contributed by atoms with Crippen LogP contribution in [0, 0.1) is 5.92 Å². The Balaban J connectivity index is 1.71.